The lowest BCUT2D eigenvalue weighted by Crippen LogP contribution is -2.36. The van der Waals surface area contributed by atoms with E-state index in [1.807, 2.05) is 61.5 Å². The number of amides is 2. The highest BCUT2D eigenvalue weighted by Gasteiger charge is 2.20. The largest absolute Gasteiger partial charge is 0.495 e. The summed E-state index contributed by atoms with van der Waals surface area (Å²) in [5.41, 5.74) is 1.46. The number of nitrogens with one attached hydrogen (secondary N) is 2. The number of carbonyl (C=O) groups is 1. The summed E-state index contributed by atoms with van der Waals surface area (Å²) in [4.78, 5) is 14.3. The molecule has 2 N–H and O–H groups in total. The van der Waals surface area contributed by atoms with Crippen molar-refractivity contribution < 1.29 is 13.9 Å². The van der Waals surface area contributed by atoms with Crippen LogP contribution in [0.1, 0.15) is 11.8 Å². The van der Waals surface area contributed by atoms with Gasteiger partial charge in [-0.3, -0.25) is 4.90 Å². The van der Waals surface area contributed by atoms with Crippen LogP contribution in [0.25, 0.3) is 11.0 Å². The molecule has 2 amide bonds. The molecule has 0 aliphatic rings. The van der Waals surface area contributed by atoms with Gasteiger partial charge >= 0.3 is 6.03 Å². The van der Waals surface area contributed by atoms with E-state index >= 15 is 0 Å². The number of fused-ring (bicyclic) bond motifs is 1. The number of carbonyl (C=O) groups excluding carboxylic acids is 1. The summed E-state index contributed by atoms with van der Waals surface area (Å²) < 4.78 is 11.2. The SMILES string of the molecule is COc1ccccc1NC(=O)NCC(c1cc2ccccc2o1)N(C)C. The molecule has 6 heteroatoms. The van der Waals surface area contributed by atoms with Crippen molar-refractivity contribution in [3.05, 3.63) is 60.4 Å². The minimum Gasteiger partial charge on any atom is -0.495 e. The van der Waals surface area contributed by atoms with E-state index in [-0.39, 0.29) is 12.1 Å². The molecule has 1 atom stereocenters. The summed E-state index contributed by atoms with van der Waals surface area (Å²) in [5, 5.41) is 6.76. The Balaban J connectivity index is 1.68. The van der Waals surface area contributed by atoms with E-state index < -0.39 is 0 Å². The van der Waals surface area contributed by atoms with Crippen molar-refractivity contribution in [2.24, 2.45) is 0 Å². The first-order valence-electron chi connectivity index (χ1n) is 8.41. The first-order chi connectivity index (χ1) is 12.6. The molecule has 0 saturated heterocycles. The van der Waals surface area contributed by atoms with Gasteiger partial charge in [0.2, 0.25) is 0 Å². The fraction of sp³-hybridized carbons (Fsp3) is 0.250. The molecule has 26 heavy (non-hydrogen) atoms. The van der Waals surface area contributed by atoms with E-state index in [0.29, 0.717) is 18.0 Å². The van der Waals surface area contributed by atoms with Crippen molar-refractivity contribution in [3.8, 4) is 5.75 Å². The molecule has 136 valence electrons. The lowest BCUT2D eigenvalue weighted by atomic mass is 10.2. The molecule has 0 aliphatic carbocycles. The molecule has 0 bridgehead atoms. The van der Waals surface area contributed by atoms with Gasteiger partial charge in [0.25, 0.3) is 0 Å². The number of hydrogen-bond acceptors (Lipinski definition) is 4. The van der Waals surface area contributed by atoms with E-state index in [1.165, 1.54) is 0 Å². The van der Waals surface area contributed by atoms with Crippen molar-refractivity contribution in [2.75, 3.05) is 33.1 Å². The summed E-state index contributed by atoms with van der Waals surface area (Å²) >= 11 is 0. The predicted molar refractivity (Wildman–Crippen MR) is 103 cm³/mol. The molecule has 3 rings (SSSR count). The zero-order valence-electron chi connectivity index (χ0n) is 15.2. The molecule has 1 heterocycles. The Morgan fingerprint density at radius 3 is 2.62 bits per heavy atom. The monoisotopic (exact) mass is 353 g/mol. The smallest absolute Gasteiger partial charge is 0.319 e. The quantitative estimate of drug-likeness (QED) is 0.706. The van der Waals surface area contributed by atoms with Crippen LogP contribution in [-0.2, 0) is 0 Å². The van der Waals surface area contributed by atoms with Crippen molar-refractivity contribution in [3.63, 3.8) is 0 Å². The van der Waals surface area contributed by atoms with Gasteiger partial charge in [0.1, 0.15) is 17.1 Å². The summed E-state index contributed by atoms with van der Waals surface area (Å²) in [6.45, 7) is 0.411. The van der Waals surface area contributed by atoms with Crippen molar-refractivity contribution in [2.45, 2.75) is 6.04 Å². The summed E-state index contributed by atoms with van der Waals surface area (Å²) in [5.74, 6) is 1.43. The van der Waals surface area contributed by atoms with Crippen LogP contribution in [0, 0.1) is 0 Å². The Kier molecular flexibility index (Phi) is 5.43. The number of hydrogen-bond donors (Lipinski definition) is 2. The second-order valence-electron chi connectivity index (χ2n) is 6.20. The Bertz CT molecular complexity index is 856. The molecule has 1 unspecified atom stereocenters. The minimum absolute atomic E-state index is 0.0779. The number of anilines is 1. The number of benzene rings is 2. The molecule has 6 nitrogen and oxygen atoms in total. The highest BCUT2D eigenvalue weighted by Crippen LogP contribution is 2.26. The van der Waals surface area contributed by atoms with Crippen LogP contribution in [0.15, 0.2) is 59.0 Å². The molecular formula is C20H23N3O3. The number of nitrogens with zero attached hydrogens (tertiary/aromatic N) is 1. The first-order valence-corrected chi connectivity index (χ1v) is 8.41. The Labute approximate surface area is 152 Å². The topological polar surface area (TPSA) is 66.7 Å². The maximum absolute atomic E-state index is 12.3. The van der Waals surface area contributed by atoms with Gasteiger partial charge in [0.15, 0.2) is 0 Å². The molecule has 1 aromatic heterocycles. The Morgan fingerprint density at radius 1 is 1.15 bits per heavy atom. The average molecular weight is 353 g/mol. The average Bonchev–Trinajstić information content (AvgIpc) is 3.05. The highest BCUT2D eigenvalue weighted by atomic mass is 16.5. The van der Waals surface area contributed by atoms with Crippen LogP contribution in [-0.4, -0.2) is 38.7 Å². The van der Waals surface area contributed by atoms with E-state index in [4.69, 9.17) is 9.15 Å². The Hall–Kier alpha value is -2.99. The number of ether oxygens (including phenoxy) is 1. The van der Waals surface area contributed by atoms with Gasteiger partial charge in [-0.05, 0) is 38.4 Å². The third-order valence-corrected chi connectivity index (χ3v) is 4.21. The molecule has 0 fully saturated rings. The lowest BCUT2D eigenvalue weighted by molar-refractivity contribution is 0.235. The van der Waals surface area contributed by atoms with Gasteiger partial charge in [-0.1, -0.05) is 30.3 Å². The molecule has 0 saturated carbocycles. The highest BCUT2D eigenvalue weighted by molar-refractivity contribution is 5.90. The van der Waals surface area contributed by atoms with Gasteiger partial charge < -0.3 is 19.8 Å². The first kappa shape index (κ1) is 17.8. The normalized spacial score (nSPS) is 12.2. The van der Waals surface area contributed by atoms with Gasteiger partial charge in [-0.15, -0.1) is 0 Å². The van der Waals surface area contributed by atoms with Crippen LogP contribution in [0.5, 0.6) is 5.75 Å². The van der Waals surface area contributed by atoms with E-state index in [0.717, 1.165) is 16.7 Å². The van der Waals surface area contributed by atoms with Gasteiger partial charge in [0.05, 0.1) is 18.8 Å². The zero-order chi connectivity index (χ0) is 18.5. The van der Waals surface area contributed by atoms with Gasteiger partial charge in [-0.2, -0.15) is 0 Å². The maximum atomic E-state index is 12.3. The maximum Gasteiger partial charge on any atom is 0.319 e. The summed E-state index contributed by atoms with van der Waals surface area (Å²) in [6, 6.07) is 16.8. The number of furan rings is 1. The molecule has 0 aliphatic heterocycles. The number of urea groups is 1. The van der Waals surface area contributed by atoms with E-state index in [1.54, 1.807) is 19.2 Å². The summed E-state index contributed by atoms with van der Waals surface area (Å²) in [7, 11) is 5.48. The standard InChI is InChI=1S/C20H23N3O3/c1-23(2)16(19-12-14-8-4-6-10-17(14)26-19)13-21-20(24)22-15-9-5-7-11-18(15)25-3/h4-12,16H,13H2,1-3H3,(H2,21,22,24). The fourth-order valence-corrected chi connectivity index (χ4v) is 2.81. The fourth-order valence-electron chi connectivity index (χ4n) is 2.81. The second kappa shape index (κ2) is 7.93. The van der Waals surface area contributed by atoms with Gasteiger partial charge in [-0.25, -0.2) is 4.79 Å². The third kappa shape index (κ3) is 3.97. The van der Waals surface area contributed by atoms with Crippen LogP contribution >= 0.6 is 0 Å². The van der Waals surface area contributed by atoms with Gasteiger partial charge in [0, 0.05) is 11.9 Å². The summed E-state index contributed by atoms with van der Waals surface area (Å²) in [6.07, 6.45) is 0. The molecule has 2 aromatic carbocycles. The van der Waals surface area contributed by atoms with Crippen LogP contribution in [0.3, 0.4) is 0 Å². The van der Waals surface area contributed by atoms with Crippen molar-refractivity contribution in [1.82, 2.24) is 10.2 Å². The van der Waals surface area contributed by atoms with E-state index in [9.17, 15) is 4.79 Å². The minimum atomic E-state index is -0.294. The molecule has 3 aromatic rings. The van der Waals surface area contributed by atoms with Crippen LogP contribution < -0.4 is 15.4 Å². The van der Waals surface area contributed by atoms with Crippen molar-refractivity contribution >= 4 is 22.7 Å². The lowest BCUT2D eigenvalue weighted by Gasteiger charge is -2.22. The number of likely N-dealkylation sites (N-methyl/N-ethyl adjacent to an activating group) is 1. The third-order valence-electron chi connectivity index (χ3n) is 4.21. The molecular weight excluding hydrogens is 330 g/mol. The number of methoxy groups -OCH3 is 1. The predicted octanol–water partition coefficient (Wildman–Crippen LogP) is 3.87. The molecule has 0 radical (unpaired) electrons. The Morgan fingerprint density at radius 2 is 1.88 bits per heavy atom. The van der Waals surface area contributed by atoms with E-state index in [2.05, 4.69) is 10.6 Å². The van der Waals surface area contributed by atoms with Crippen molar-refractivity contribution in [1.29, 1.82) is 0 Å². The molecule has 0 spiro atoms. The number of rotatable bonds is 6. The second-order valence-corrected chi connectivity index (χ2v) is 6.20. The number of para-hydroxylation sites is 3. The van der Waals surface area contributed by atoms with Crippen LogP contribution in [0.4, 0.5) is 10.5 Å². The zero-order valence-corrected chi connectivity index (χ0v) is 15.2. The van der Waals surface area contributed by atoms with Crippen LogP contribution in [0.2, 0.25) is 0 Å².